The zero-order chi connectivity index (χ0) is 10.7. The number of hydrogen-bond acceptors (Lipinski definition) is 3. The van der Waals surface area contributed by atoms with Crippen LogP contribution >= 0.6 is 11.6 Å². The Labute approximate surface area is 94.4 Å². The first kappa shape index (κ1) is 11.0. The van der Waals surface area contributed by atoms with Gasteiger partial charge in [-0.05, 0) is 48.9 Å². The molecule has 15 heavy (non-hydrogen) atoms. The molecule has 2 rings (SSSR count). The summed E-state index contributed by atoms with van der Waals surface area (Å²) in [7, 11) is 0. The van der Waals surface area contributed by atoms with Crippen LogP contribution in [0, 0.1) is 5.92 Å². The van der Waals surface area contributed by atoms with Crippen LogP contribution in [0.15, 0.2) is 16.5 Å². The lowest BCUT2D eigenvalue weighted by Gasteiger charge is -2.15. The molecule has 1 aromatic rings. The lowest BCUT2D eigenvalue weighted by atomic mass is 10.1. The normalized spacial score (nSPS) is 18.0. The maximum Gasteiger partial charge on any atom is 0.193 e. The van der Waals surface area contributed by atoms with Gasteiger partial charge in [-0.15, -0.1) is 0 Å². The summed E-state index contributed by atoms with van der Waals surface area (Å²) < 4.78 is 5.25. The van der Waals surface area contributed by atoms with E-state index in [9.17, 15) is 0 Å². The molecule has 1 heterocycles. The Morgan fingerprint density at radius 2 is 2.33 bits per heavy atom. The van der Waals surface area contributed by atoms with Gasteiger partial charge in [0.1, 0.15) is 5.76 Å². The summed E-state index contributed by atoms with van der Waals surface area (Å²) in [6.45, 7) is 0.932. The Balaban J connectivity index is 1.79. The Hall–Kier alpha value is -0.510. The lowest BCUT2D eigenvalue weighted by molar-refractivity contribution is 0.253. The fourth-order valence-corrected chi connectivity index (χ4v) is 1.98. The van der Waals surface area contributed by atoms with Crippen LogP contribution in [0.1, 0.15) is 25.0 Å². The first-order valence-electron chi connectivity index (χ1n) is 5.38. The van der Waals surface area contributed by atoms with E-state index in [4.69, 9.17) is 21.1 Å². The molecule has 1 atom stereocenters. The van der Waals surface area contributed by atoms with Crippen molar-refractivity contribution in [1.82, 2.24) is 5.32 Å². The van der Waals surface area contributed by atoms with Gasteiger partial charge in [0, 0.05) is 12.6 Å². The second kappa shape index (κ2) is 5.01. The van der Waals surface area contributed by atoms with E-state index in [0.717, 1.165) is 18.1 Å². The maximum atomic E-state index is 8.93. The van der Waals surface area contributed by atoms with Crippen molar-refractivity contribution in [3.05, 3.63) is 23.1 Å². The van der Waals surface area contributed by atoms with Crippen molar-refractivity contribution in [2.24, 2.45) is 5.92 Å². The van der Waals surface area contributed by atoms with E-state index in [0.29, 0.717) is 17.8 Å². The van der Waals surface area contributed by atoms with Crippen LogP contribution in [-0.2, 0) is 6.54 Å². The Kier molecular flexibility index (Phi) is 3.67. The summed E-state index contributed by atoms with van der Waals surface area (Å²) >= 11 is 5.68. The summed E-state index contributed by atoms with van der Waals surface area (Å²) in [4.78, 5) is 0. The SMILES string of the molecule is OCCC(NCc1ccc(Cl)o1)C1CC1. The predicted octanol–water partition coefficient (Wildman–Crippen LogP) is 2.18. The van der Waals surface area contributed by atoms with Gasteiger partial charge in [-0.25, -0.2) is 0 Å². The summed E-state index contributed by atoms with van der Waals surface area (Å²) in [6, 6.07) is 4.04. The molecule has 1 aromatic heterocycles. The van der Waals surface area contributed by atoms with Crippen molar-refractivity contribution >= 4 is 11.6 Å². The van der Waals surface area contributed by atoms with Gasteiger partial charge in [0.2, 0.25) is 0 Å². The summed E-state index contributed by atoms with van der Waals surface area (Å²) in [5.41, 5.74) is 0. The van der Waals surface area contributed by atoms with Gasteiger partial charge in [-0.1, -0.05) is 0 Å². The van der Waals surface area contributed by atoms with E-state index in [-0.39, 0.29) is 6.61 Å². The van der Waals surface area contributed by atoms with E-state index in [1.807, 2.05) is 6.07 Å². The maximum absolute atomic E-state index is 8.93. The molecular formula is C11H16ClNO2. The first-order chi connectivity index (χ1) is 7.29. The minimum absolute atomic E-state index is 0.243. The highest BCUT2D eigenvalue weighted by atomic mass is 35.5. The van der Waals surface area contributed by atoms with Crippen molar-refractivity contribution in [2.45, 2.75) is 31.8 Å². The Morgan fingerprint density at radius 1 is 1.53 bits per heavy atom. The highest BCUT2D eigenvalue weighted by Crippen LogP contribution is 2.34. The number of nitrogens with one attached hydrogen (secondary N) is 1. The van der Waals surface area contributed by atoms with Gasteiger partial charge < -0.3 is 14.8 Å². The summed E-state index contributed by atoms with van der Waals surface area (Å²) in [6.07, 6.45) is 3.37. The molecule has 0 aliphatic heterocycles. The quantitative estimate of drug-likeness (QED) is 0.786. The average Bonchev–Trinajstić information content (AvgIpc) is 2.97. The molecule has 84 valence electrons. The highest BCUT2D eigenvalue weighted by molar-refractivity contribution is 6.28. The van der Waals surface area contributed by atoms with Crippen LogP contribution in [-0.4, -0.2) is 17.8 Å². The molecule has 1 unspecified atom stereocenters. The van der Waals surface area contributed by atoms with E-state index in [1.54, 1.807) is 6.07 Å². The van der Waals surface area contributed by atoms with Crippen LogP contribution in [0.3, 0.4) is 0 Å². The van der Waals surface area contributed by atoms with Gasteiger partial charge in [0.25, 0.3) is 0 Å². The molecule has 0 aromatic carbocycles. The molecule has 0 bridgehead atoms. The fourth-order valence-electron chi connectivity index (χ4n) is 1.82. The van der Waals surface area contributed by atoms with Crippen LogP contribution in [0.25, 0.3) is 0 Å². The van der Waals surface area contributed by atoms with Gasteiger partial charge in [-0.3, -0.25) is 0 Å². The third-order valence-electron chi connectivity index (χ3n) is 2.80. The fraction of sp³-hybridized carbons (Fsp3) is 0.636. The predicted molar refractivity (Wildman–Crippen MR) is 58.8 cm³/mol. The monoisotopic (exact) mass is 229 g/mol. The Bertz CT molecular complexity index is 309. The standard InChI is InChI=1S/C11H16ClNO2/c12-11-4-3-9(15-11)7-13-10(5-6-14)8-1-2-8/h3-4,8,10,13-14H,1-2,5-7H2. The molecule has 1 aliphatic rings. The molecular weight excluding hydrogens is 214 g/mol. The molecule has 0 amide bonds. The van der Waals surface area contributed by atoms with Crippen molar-refractivity contribution < 1.29 is 9.52 Å². The lowest BCUT2D eigenvalue weighted by Crippen LogP contribution is -2.31. The number of rotatable bonds is 6. The van der Waals surface area contributed by atoms with Gasteiger partial charge in [0.15, 0.2) is 5.22 Å². The minimum Gasteiger partial charge on any atom is -0.448 e. The topological polar surface area (TPSA) is 45.4 Å². The molecule has 0 spiro atoms. The summed E-state index contributed by atoms with van der Waals surface area (Å²) in [5, 5.41) is 12.8. The molecule has 2 N–H and O–H groups in total. The number of hydrogen-bond donors (Lipinski definition) is 2. The molecule has 1 fully saturated rings. The van der Waals surface area contributed by atoms with Crippen LogP contribution < -0.4 is 5.32 Å². The van der Waals surface area contributed by atoms with Crippen molar-refractivity contribution in [3.63, 3.8) is 0 Å². The van der Waals surface area contributed by atoms with Crippen LogP contribution in [0.2, 0.25) is 5.22 Å². The number of halogens is 1. The second-order valence-corrected chi connectivity index (χ2v) is 4.42. The zero-order valence-corrected chi connectivity index (χ0v) is 9.33. The third kappa shape index (κ3) is 3.23. The summed E-state index contributed by atoms with van der Waals surface area (Å²) in [5.74, 6) is 1.59. The smallest absolute Gasteiger partial charge is 0.193 e. The number of aliphatic hydroxyl groups excluding tert-OH is 1. The Morgan fingerprint density at radius 3 is 2.87 bits per heavy atom. The van der Waals surface area contributed by atoms with Crippen molar-refractivity contribution in [2.75, 3.05) is 6.61 Å². The van der Waals surface area contributed by atoms with Crippen molar-refractivity contribution in [3.8, 4) is 0 Å². The molecule has 3 nitrogen and oxygen atoms in total. The third-order valence-corrected chi connectivity index (χ3v) is 3.00. The molecule has 4 heteroatoms. The van der Waals surface area contributed by atoms with Gasteiger partial charge >= 0.3 is 0 Å². The van der Waals surface area contributed by atoms with E-state index < -0.39 is 0 Å². The molecule has 1 saturated carbocycles. The van der Waals surface area contributed by atoms with E-state index >= 15 is 0 Å². The second-order valence-electron chi connectivity index (χ2n) is 4.04. The van der Waals surface area contributed by atoms with E-state index in [1.165, 1.54) is 12.8 Å². The minimum atomic E-state index is 0.243. The first-order valence-corrected chi connectivity index (χ1v) is 5.76. The van der Waals surface area contributed by atoms with Crippen LogP contribution in [0.5, 0.6) is 0 Å². The molecule has 1 aliphatic carbocycles. The highest BCUT2D eigenvalue weighted by Gasteiger charge is 2.30. The van der Waals surface area contributed by atoms with Gasteiger partial charge in [-0.2, -0.15) is 0 Å². The molecule has 0 saturated heterocycles. The van der Waals surface area contributed by atoms with Crippen LogP contribution in [0.4, 0.5) is 0 Å². The number of aliphatic hydroxyl groups is 1. The zero-order valence-electron chi connectivity index (χ0n) is 8.58. The average molecular weight is 230 g/mol. The molecule has 0 radical (unpaired) electrons. The van der Waals surface area contributed by atoms with E-state index in [2.05, 4.69) is 5.32 Å². The van der Waals surface area contributed by atoms with Crippen molar-refractivity contribution in [1.29, 1.82) is 0 Å². The largest absolute Gasteiger partial charge is 0.448 e. The van der Waals surface area contributed by atoms with Gasteiger partial charge in [0.05, 0.1) is 6.54 Å². The number of furan rings is 1.